The number of likely N-dealkylation sites (N-methyl/N-ethyl adjacent to an activating group) is 1. The summed E-state index contributed by atoms with van der Waals surface area (Å²) in [5.74, 6) is 0.169. The number of amides is 1. The van der Waals surface area contributed by atoms with Crippen molar-refractivity contribution in [2.75, 3.05) is 43.9 Å². The largest absolute Gasteiger partial charge is 0.345 e. The van der Waals surface area contributed by atoms with Crippen molar-refractivity contribution in [2.24, 2.45) is 0 Å². The third-order valence-electron chi connectivity index (χ3n) is 4.24. The van der Waals surface area contributed by atoms with E-state index in [1.807, 2.05) is 0 Å². The smallest absolute Gasteiger partial charge is 0.255 e. The van der Waals surface area contributed by atoms with E-state index in [-0.39, 0.29) is 11.7 Å². The Balaban J connectivity index is 1.68. The first kappa shape index (κ1) is 16.8. The Hall–Kier alpha value is -2.00. The summed E-state index contributed by atoms with van der Waals surface area (Å²) in [5.41, 5.74) is 0.951. The Morgan fingerprint density at radius 2 is 2.00 bits per heavy atom. The van der Waals surface area contributed by atoms with Gasteiger partial charge >= 0.3 is 0 Å². The van der Waals surface area contributed by atoms with Crippen molar-refractivity contribution in [3.05, 3.63) is 28.9 Å². The molecule has 0 saturated carbocycles. The summed E-state index contributed by atoms with van der Waals surface area (Å²) in [7, 11) is -1.12. The molecule has 0 bridgehead atoms. The fraction of sp³-hybridized carbons (Fsp3) is 0.533. The van der Waals surface area contributed by atoms with Gasteiger partial charge in [-0.1, -0.05) is 0 Å². The molecule has 1 N–H and O–H groups in total. The van der Waals surface area contributed by atoms with Gasteiger partial charge in [0, 0.05) is 37.8 Å². The van der Waals surface area contributed by atoms with Crippen molar-refractivity contribution in [3.8, 4) is 0 Å². The maximum Gasteiger partial charge on any atom is 0.255 e. The van der Waals surface area contributed by atoms with Crippen LogP contribution in [0.25, 0.3) is 0 Å². The molecule has 1 amide bonds. The van der Waals surface area contributed by atoms with Crippen LogP contribution in [0, 0.1) is 6.92 Å². The molecule has 2 aliphatic rings. The molecule has 3 heterocycles. The van der Waals surface area contributed by atoms with Gasteiger partial charge in [-0.2, -0.15) is 0 Å². The lowest BCUT2D eigenvalue weighted by Gasteiger charge is -2.32. The molecule has 9 heteroatoms. The summed E-state index contributed by atoms with van der Waals surface area (Å²) in [6, 6.07) is -0.501. The van der Waals surface area contributed by atoms with Crippen LogP contribution >= 0.6 is 0 Å². The van der Waals surface area contributed by atoms with Gasteiger partial charge in [-0.25, -0.2) is 18.4 Å². The predicted octanol–water partition coefficient (Wildman–Crippen LogP) is -0.423. The molecule has 0 unspecified atom stereocenters. The van der Waals surface area contributed by atoms with Gasteiger partial charge < -0.3 is 15.1 Å². The van der Waals surface area contributed by atoms with E-state index in [2.05, 4.69) is 32.1 Å². The van der Waals surface area contributed by atoms with E-state index in [9.17, 15) is 13.2 Å². The van der Waals surface area contributed by atoms with Gasteiger partial charge in [0.2, 0.25) is 5.95 Å². The molecule has 130 valence electrons. The monoisotopic (exact) mass is 351 g/mol. The quantitative estimate of drug-likeness (QED) is 0.790. The molecule has 1 aromatic heterocycles. The van der Waals surface area contributed by atoms with E-state index in [1.165, 1.54) is 12.3 Å². The maximum absolute atomic E-state index is 12.3. The van der Waals surface area contributed by atoms with E-state index in [0.29, 0.717) is 17.2 Å². The summed E-state index contributed by atoms with van der Waals surface area (Å²) in [6.45, 7) is 5.37. The number of nitrogens with zero attached hydrogens (tertiary/aromatic N) is 4. The first-order chi connectivity index (χ1) is 11.3. The zero-order valence-corrected chi connectivity index (χ0v) is 14.6. The van der Waals surface area contributed by atoms with Crippen LogP contribution in [-0.2, 0) is 9.84 Å². The molecular weight excluding hydrogens is 330 g/mol. The van der Waals surface area contributed by atoms with Gasteiger partial charge in [0.25, 0.3) is 5.91 Å². The Morgan fingerprint density at radius 3 is 2.58 bits per heavy atom. The molecule has 0 aliphatic carbocycles. The highest BCUT2D eigenvalue weighted by molar-refractivity contribution is 7.94. The lowest BCUT2D eigenvalue weighted by Crippen LogP contribution is -2.45. The van der Waals surface area contributed by atoms with Gasteiger partial charge in [0.1, 0.15) is 0 Å². The van der Waals surface area contributed by atoms with Crippen molar-refractivity contribution in [1.29, 1.82) is 0 Å². The normalized spacial score (nSPS) is 23.4. The van der Waals surface area contributed by atoms with Crippen LogP contribution in [0.4, 0.5) is 5.95 Å². The van der Waals surface area contributed by atoms with E-state index < -0.39 is 15.9 Å². The third-order valence-corrected chi connectivity index (χ3v) is 5.64. The number of carbonyl (C=O) groups is 1. The van der Waals surface area contributed by atoms with Gasteiger partial charge in [0.05, 0.1) is 23.1 Å². The minimum Gasteiger partial charge on any atom is -0.345 e. The van der Waals surface area contributed by atoms with Crippen molar-refractivity contribution >= 4 is 21.7 Å². The van der Waals surface area contributed by atoms with Crippen LogP contribution < -0.4 is 10.2 Å². The highest BCUT2D eigenvalue weighted by Crippen LogP contribution is 2.14. The fourth-order valence-electron chi connectivity index (χ4n) is 2.75. The van der Waals surface area contributed by atoms with Gasteiger partial charge in [-0.3, -0.25) is 4.79 Å². The minimum absolute atomic E-state index is 0.0992. The number of sulfone groups is 1. The molecule has 1 fully saturated rings. The number of carbonyl (C=O) groups excluding carboxylic acids is 1. The van der Waals surface area contributed by atoms with E-state index in [0.717, 1.165) is 31.6 Å². The third kappa shape index (κ3) is 3.73. The van der Waals surface area contributed by atoms with Crippen LogP contribution in [-0.4, -0.2) is 74.2 Å². The second-order valence-electron chi connectivity index (χ2n) is 6.20. The summed E-state index contributed by atoms with van der Waals surface area (Å²) in [6.07, 6.45) is 3.00. The Bertz CT molecular complexity index is 769. The highest BCUT2D eigenvalue weighted by Gasteiger charge is 2.25. The van der Waals surface area contributed by atoms with Crippen LogP contribution in [0.15, 0.2) is 17.7 Å². The molecule has 2 aliphatic heterocycles. The average Bonchev–Trinajstić information content (AvgIpc) is 2.86. The Morgan fingerprint density at radius 1 is 1.29 bits per heavy atom. The van der Waals surface area contributed by atoms with Gasteiger partial charge in [-0.05, 0) is 20.0 Å². The number of hydrogen-bond acceptors (Lipinski definition) is 7. The summed E-state index contributed by atoms with van der Waals surface area (Å²) < 4.78 is 22.8. The molecule has 8 nitrogen and oxygen atoms in total. The SMILES string of the molecule is Cc1nc(N2CCN(C)CC2)ncc1C(=O)N[C@H]1C=CS(=O)(=O)C1. The molecule has 0 spiro atoms. The zero-order valence-electron chi connectivity index (χ0n) is 13.8. The first-order valence-electron chi connectivity index (χ1n) is 7.83. The standard InChI is InChI=1S/C15H21N5O3S/c1-11-13(14(21)18-12-3-8-24(22,23)10-12)9-16-15(17-11)20-6-4-19(2)5-7-20/h3,8-9,12H,4-7,10H2,1-2H3,(H,18,21)/t12-/m0/s1. The minimum atomic E-state index is -3.20. The molecule has 24 heavy (non-hydrogen) atoms. The number of aromatic nitrogens is 2. The number of piperazine rings is 1. The topological polar surface area (TPSA) is 95.5 Å². The number of hydrogen-bond donors (Lipinski definition) is 1. The van der Waals surface area contributed by atoms with Crippen LogP contribution in [0.3, 0.4) is 0 Å². The van der Waals surface area contributed by atoms with E-state index in [4.69, 9.17) is 0 Å². The number of aryl methyl sites for hydroxylation is 1. The number of nitrogens with one attached hydrogen (secondary N) is 1. The Kier molecular flexibility index (Phi) is 4.55. The summed E-state index contributed by atoms with van der Waals surface area (Å²) in [5, 5.41) is 3.83. The highest BCUT2D eigenvalue weighted by atomic mass is 32.2. The van der Waals surface area contributed by atoms with Crippen LogP contribution in [0.1, 0.15) is 16.1 Å². The fourth-order valence-corrected chi connectivity index (χ4v) is 3.98. The summed E-state index contributed by atoms with van der Waals surface area (Å²) >= 11 is 0. The molecule has 0 radical (unpaired) electrons. The predicted molar refractivity (Wildman–Crippen MR) is 90.7 cm³/mol. The number of rotatable bonds is 3. The molecule has 0 aromatic carbocycles. The molecular formula is C15H21N5O3S. The lowest BCUT2D eigenvalue weighted by atomic mass is 10.2. The Labute approximate surface area is 141 Å². The van der Waals surface area contributed by atoms with Crippen LogP contribution in [0.2, 0.25) is 0 Å². The average molecular weight is 351 g/mol. The summed E-state index contributed by atoms with van der Waals surface area (Å²) in [4.78, 5) is 25.4. The van der Waals surface area contributed by atoms with E-state index >= 15 is 0 Å². The second kappa shape index (κ2) is 6.48. The van der Waals surface area contributed by atoms with E-state index in [1.54, 1.807) is 6.92 Å². The maximum atomic E-state index is 12.3. The first-order valence-corrected chi connectivity index (χ1v) is 9.54. The zero-order chi connectivity index (χ0) is 17.3. The second-order valence-corrected chi connectivity index (χ2v) is 8.13. The van der Waals surface area contributed by atoms with Crippen molar-refractivity contribution in [2.45, 2.75) is 13.0 Å². The van der Waals surface area contributed by atoms with Crippen molar-refractivity contribution in [3.63, 3.8) is 0 Å². The molecule has 3 rings (SSSR count). The lowest BCUT2D eigenvalue weighted by molar-refractivity contribution is 0.0946. The van der Waals surface area contributed by atoms with Gasteiger partial charge in [-0.15, -0.1) is 0 Å². The number of anilines is 1. The van der Waals surface area contributed by atoms with Crippen molar-refractivity contribution in [1.82, 2.24) is 20.2 Å². The molecule has 1 atom stereocenters. The van der Waals surface area contributed by atoms with Gasteiger partial charge in [0.15, 0.2) is 9.84 Å². The molecule has 1 saturated heterocycles. The molecule has 1 aromatic rings. The van der Waals surface area contributed by atoms with Crippen molar-refractivity contribution < 1.29 is 13.2 Å². The van der Waals surface area contributed by atoms with Crippen LogP contribution in [0.5, 0.6) is 0 Å².